The van der Waals surface area contributed by atoms with Crippen LogP contribution in [0.3, 0.4) is 0 Å². The number of hydrogen-bond acceptors (Lipinski definition) is 4. The minimum atomic E-state index is -0.459. The van der Waals surface area contributed by atoms with Gasteiger partial charge < -0.3 is 11.1 Å². The van der Waals surface area contributed by atoms with Gasteiger partial charge in [0.2, 0.25) is 5.91 Å². The van der Waals surface area contributed by atoms with E-state index in [1.807, 2.05) is 24.3 Å². The third-order valence-corrected chi connectivity index (χ3v) is 3.60. The van der Waals surface area contributed by atoms with Gasteiger partial charge in [-0.1, -0.05) is 23.9 Å². The zero-order valence-electron chi connectivity index (χ0n) is 8.81. The zero-order chi connectivity index (χ0) is 11.8. The first-order valence-electron chi connectivity index (χ1n) is 5.08. The Bertz CT molecular complexity index is 612. The van der Waals surface area contributed by atoms with Crippen LogP contribution in [0.15, 0.2) is 46.3 Å². The van der Waals surface area contributed by atoms with E-state index < -0.39 is 5.91 Å². The molecule has 0 saturated heterocycles. The second-order valence-electron chi connectivity index (χ2n) is 3.66. The van der Waals surface area contributed by atoms with Crippen molar-refractivity contribution in [3.8, 4) is 0 Å². The lowest BCUT2D eigenvalue weighted by molar-refractivity contribution is 0.1000. The summed E-state index contributed by atoms with van der Waals surface area (Å²) in [5.41, 5.74) is 6.69. The van der Waals surface area contributed by atoms with Crippen LogP contribution in [0.2, 0.25) is 0 Å². The fraction of sp³-hybridized carbons (Fsp3) is 0. The van der Waals surface area contributed by atoms with Crippen molar-refractivity contribution in [2.24, 2.45) is 5.73 Å². The molecule has 1 aromatic heterocycles. The molecule has 0 saturated carbocycles. The second-order valence-corrected chi connectivity index (χ2v) is 4.74. The molecule has 1 aliphatic rings. The maximum Gasteiger partial charge on any atom is 0.250 e. The standard InChI is InChI=1S/C12H9N3OS/c13-11(16)7-5-10-12(14-6-7)15-8-3-1-2-4-9(8)17-10/h1-6H,(H2,13,16)(H,14,15). The number of primary amides is 1. The summed E-state index contributed by atoms with van der Waals surface area (Å²) >= 11 is 1.58. The van der Waals surface area contributed by atoms with Gasteiger partial charge in [0.15, 0.2) is 0 Å². The fourth-order valence-electron chi connectivity index (χ4n) is 1.66. The quantitative estimate of drug-likeness (QED) is 0.688. The lowest BCUT2D eigenvalue weighted by atomic mass is 10.2. The normalized spacial score (nSPS) is 12.2. The number of aromatic nitrogens is 1. The molecular formula is C12H9N3OS. The smallest absolute Gasteiger partial charge is 0.250 e. The van der Waals surface area contributed by atoms with Gasteiger partial charge in [-0.15, -0.1) is 0 Å². The van der Waals surface area contributed by atoms with Gasteiger partial charge >= 0.3 is 0 Å². The molecule has 0 aliphatic carbocycles. The number of benzene rings is 1. The minimum absolute atomic E-state index is 0.428. The minimum Gasteiger partial charge on any atom is -0.366 e. The summed E-state index contributed by atoms with van der Waals surface area (Å²) in [6, 6.07) is 9.72. The number of hydrogen-bond donors (Lipinski definition) is 2. The van der Waals surface area contributed by atoms with Crippen molar-refractivity contribution in [1.29, 1.82) is 0 Å². The summed E-state index contributed by atoms with van der Waals surface area (Å²) in [5.74, 6) is 0.304. The van der Waals surface area contributed by atoms with Crippen LogP contribution in [0.1, 0.15) is 10.4 Å². The highest BCUT2D eigenvalue weighted by molar-refractivity contribution is 7.99. The molecule has 84 valence electrons. The number of anilines is 2. The topological polar surface area (TPSA) is 68.0 Å². The Morgan fingerprint density at radius 2 is 2.12 bits per heavy atom. The number of fused-ring (bicyclic) bond motifs is 2. The Labute approximate surface area is 102 Å². The van der Waals surface area contributed by atoms with Crippen LogP contribution in [0.4, 0.5) is 11.5 Å². The number of rotatable bonds is 1. The Morgan fingerprint density at radius 1 is 1.29 bits per heavy atom. The maximum absolute atomic E-state index is 11.1. The van der Waals surface area contributed by atoms with Crippen LogP contribution in [-0.2, 0) is 0 Å². The van der Waals surface area contributed by atoms with Gasteiger partial charge in [-0.3, -0.25) is 4.79 Å². The predicted molar refractivity (Wildman–Crippen MR) is 66.6 cm³/mol. The molecule has 2 heterocycles. The van der Waals surface area contributed by atoms with Crippen molar-refractivity contribution >= 4 is 29.2 Å². The van der Waals surface area contributed by atoms with E-state index in [9.17, 15) is 4.79 Å². The Morgan fingerprint density at radius 3 is 2.94 bits per heavy atom. The molecule has 1 aliphatic heterocycles. The van der Waals surface area contributed by atoms with Gasteiger partial charge in [0.1, 0.15) is 5.82 Å². The van der Waals surface area contributed by atoms with Crippen LogP contribution in [-0.4, -0.2) is 10.9 Å². The van der Waals surface area contributed by atoms with Gasteiger partial charge in [-0.05, 0) is 18.2 Å². The maximum atomic E-state index is 11.1. The molecular weight excluding hydrogens is 234 g/mol. The predicted octanol–water partition coefficient (Wildman–Crippen LogP) is 2.39. The van der Waals surface area contributed by atoms with E-state index in [0.29, 0.717) is 5.56 Å². The summed E-state index contributed by atoms with van der Waals surface area (Å²) in [4.78, 5) is 17.3. The van der Waals surface area contributed by atoms with Gasteiger partial charge in [0.25, 0.3) is 0 Å². The van der Waals surface area contributed by atoms with Crippen LogP contribution >= 0.6 is 11.8 Å². The first-order chi connectivity index (χ1) is 8.24. The van der Waals surface area contributed by atoms with E-state index in [-0.39, 0.29) is 0 Å². The number of carbonyl (C=O) groups excluding carboxylic acids is 1. The molecule has 5 heteroatoms. The highest BCUT2D eigenvalue weighted by atomic mass is 32.2. The van der Waals surface area contributed by atoms with E-state index >= 15 is 0 Å². The van der Waals surface area contributed by atoms with Crippen molar-refractivity contribution < 1.29 is 4.79 Å². The number of nitrogens with two attached hydrogens (primary N) is 1. The summed E-state index contributed by atoms with van der Waals surface area (Å²) < 4.78 is 0. The van der Waals surface area contributed by atoms with E-state index in [1.54, 1.807) is 17.8 Å². The fourth-order valence-corrected chi connectivity index (χ4v) is 2.65. The molecule has 1 aromatic carbocycles. The Kier molecular flexibility index (Phi) is 2.26. The van der Waals surface area contributed by atoms with Crippen LogP contribution in [0, 0.1) is 0 Å². The van der Waals surface area contributed by atoms with Crippen LogP contribution < -0.4 is 11.1 Å². The van der Waals surface area contributed by atoms with Crippen molar-refractivity contribution in [3.63, 3.8) is 0 Å². The third-order valence-electron chi connectivity index (χ3n) is 2.50. The highest BCUT2D eigenvalue weighted by Crippen LogP contribution is 2.42. The van der Waals surface area contributed by atoms with Crippen LogP contribution in [0.5, 0.6) is 0 Å². The summed E-state index contributed by atoms with van der Waals surface area (Å²) in [7, 11) is 0. The molecule has 17 heavy (non-hydrogen) atoms. The number of carbonyl (C=O) groups is 1. The number of para-hydroxylation sites is 1. The summed E-state index contributed by atoms with van der Waals surface area (Å²) in [6.07, 6.45) is 1.49. The first-order valence-corrected chi connectivity index (χ1v) is 5.89. The third kappa shape index (κ3) is 1.74. The average molecular weight is 243 g/mol. The van der Waals surface area contributed by atoms with Crippen LogP contribution in [0.25, 0.3) is 0 Å². The first kappa shape index (κ1) is 10.2. The zero-order valence-corrected chi connectivity index (χ0v) is 9.62. The van der Waals surface area contributed by atoms with Gasteiger partial charge in [0.05, 0.1) is 16.1 Å². The summed E-state index contributed by atoms with van der Waals surface area (Å²) in [6.45, 7) is 0. The van der Waals surface area contributed by atoms with E-state index in [0.717, 1.165) is 21.3 Å². The molecule has 0 unspecified atom stereocenters. The van der Waals surface area contributed by atoms with Gasteiger partial charge in [-0.2, -0.15) is 0 Å². The van der Waals surface area contributed by atoms with E-state index in [1.165, 1.54) is 6.20 Å². The lowest BCUT2D eigenvalue weighted by Crippen LogP contribution is -2.12. The molecule has 2 aromatic rings. The molecule has 1 amide bonds. The molecule has 0 atom stereocenters. The molecule has 0 bridgehead atoms. The lowest BCUT2D eigenvalue weighted by Gasteiger charge is -2.19. The molecule has 3 N–H and O–H groups in total. The second kappa shape index (κ2) is 3.78. The number of nitrogens with zero attached hydrogens (tertiary/aromatic N) is 1. The SMILES string of the molecule is NC(=O)c1cnc2c(c1)Sc1ccccc1N2. The van der Waals surface area contributed by atoms with Crippen molar-refractivity contribution in [2.75, 3.05) is 5.32 Å². The van der Waals surface area contributed by atoms with E-state index in [4.69, 9.17) is 5.73 Å². The monoisotopic (exact) mass is 243 g/mol. The molecule has 0 spiro atoms. The summed E-state index contributed by atoms with van der Waals surface area (Å²) in [5, 5.41) is 3.22. The molecule has 4 nitrogen and oxygen atoms in total. The average Bonchev–Trinajstić information content (AvgIpc) is 2.35. The van der Waals surface area contributed by atoms with Crippen molar-refractivity contribution in [3.05, 3.63) is 42.1 Å². The Hall–Kier alpha value is -2.01. The number of pyridine rings is 1. The molecule has 0 radical (unpaired) electrons. The number of nitrogens with one attached hydrogen (secondary N) is 1. The van der Waals surface area contributed by atoms with Crippen molar-refractivity contribution in [2.45, 2.75) is 9.79 Å². The highest BCUT2D eigenvalue weighted by Gasteiger charge is 2.17. The molecule has 0 fully saturated rings. The van der Waals surface area contributed by atoms with Gasteiger partial charge in [-0.25, -0.2) is 4.98 Å². The number of amides is 1. The van der Waals surface area contributed by atoms with Gasteiger partial charge in [0, 0.05) is 11.1 Å². The van der Waals surface area contributed by atoms with E-state index in [2.05, 4.69) is 10.3 Å². The largest absolute Gasteiger partial charge is 0.366 e. The van der Waals surface area contributed by atoms with Crippen molar-refractivity contribution in [1.82, 2.24) is 4.98 Å². The Balaban J connectivity index is 2.06. The molecule has 3 rings (SSSR count).